The molecule has 0 unspecified atom stereocenters. The SMILES string of the molecule is CN1CCN(C(=O)c2ccc(=O)n(C)c2)C[C@H]1C(=O)NCCOc1cccc(F)c1. The third kappa shape index (κ3) is 5.24. The molecule has 0 saturated carbocycles. The number of halogens is 1. The molecule has 0 aliphatic carbocycles. The van der Waals surface area contributed by atoms with E-state index in [4.69, 9.17) is 4.74 Å². The van der Waals surface area contributed by atoms with Crippen molar-refractivity contribution < 1.29 is 18.7 Å². The van der Waals surface area contributed by atoms with Crippen LogP contribution in [0.5, 0.6) is 5.75 Å². The van der Waals surface area contributed by atoms with E-state index in [1.807, 2.05) is 11.9 Å². The molecule has 0 bridgehead atoms. The highest BCUT2D eigenvalue weighted by atomic mass is 19.1. The predicted molar refractivity (Wildman–Crippen MR) is 109 cm³/mol. The van der Waals surface area contributed by atoms with Crippen LogP contribution in [0.25, 0.3) is 0 Å². The fourth-order valence-electron chi connectivity index (χ4n) is 3.26. The third-order valence-electron chi connectivity index (χ3n) is 5.04. The highest BCUT2D eigenvalue weighted by molar-refractivity contribution is 5.94. The smallest absolute Gasteiger partial charge is 0.255 e. The van der Waals surface area contributed by atoms with Crippen LogP contribution in [0.15, 0.2) is 47.4 Å². The summed E-state index contributed by atoms with van der Waals surface area (Å²) in [5, 5.41) is 2.80. The van der Waals surface area contributed by atoms with Crippen LogP contribution in [-0.2, 0) is 11.8 Å². The molecule has 2 amide bonds. The van der Waals surface area contributed by atoms with Gasteiger partial charge < -0.3 is 19.5 Å². The zero-order chi connectivity index (χ0) is 21.7. The van der Waals surface area contributed by atoms with Crippen molar-refractivity contribution in [1.82, 2.24) is 19.7 Å². The van der Waals surface area contributed by atoms with Gasteiger partial charge in [0, 0.05) is 45.0 Å². The lowest BCUT2D eigenvalue weighted by molar-refractivity contribution is -0.127. The molecule has 1 N–H and O–H groups in total. The fraction of sp³-hybridized carbons (Fsp3) is 0.381. The average Bonchev–Trinajstić information content (AvgIpc) is 2.73. The molecule has 0 spiro atoms. The van der Waals surface area contributed by atoms with Crippen LogP contribution in [0.4, 0.5) is 4.39 Å². The largest absolute Gasteiger partial charge is 0.492 e. The first kappa shape index (κ1) is 21.5. The van der Waals surface area contributed by atoms with E-state index < -0.39 is 6.04 Å². The van der Waals surface area contributed by atoms with Crippen molar-refractivity contribution in [2.45, 2.75) is 6.04 Å². The molecule has 1 aliphatic heterocycles. The van der Waals surface area contributed by atoms with Gasteiger partial charge in [-0.1, -0.05) is 6.07 Å². The lowest BCUT2D eigenvalue weighted by Gasteiger charge is -2.38. The fourth-order valence-corrected chi connectivity index (χ4v) is 3.26. The molecule has 1 fully saturated rings. The molecule has 3 rings (SSSR count). The number of piperazine rings is 1. The average molecular weight is 416 g/mol. The lowest BCUT2D eigenvalue weighted by Crippen LogP contribution is -2.59. The second-order valence-corrected chi connectivity index (χ2v) is 7.21. The van der Waals surface area contributed by atoms with Gasteiger partial charge in [0.1, 0.15) is 24.2 Å². The van der Waals surface area contributed by atoms with Crippen molar-refractivity contribution in [3.05, 3.63) is 64.3 Å². The standard InChI is InChI=1S/C21H25FN4O4/c1-24-9-10-26(21(29)15-6-7-19(27)25(2)13-15)14-18(24)20(28)23-8-11-30-17-5-3-4-16(22)12-17/h3-7,12-13,18H,8-11,14H2,1-2H3,(H,23,28)/t18-/m0/s1. The lowest BCUT2D eigenvalue weighted by atomic mass is 10.1. The van der Waals surface area contributed by atoms with Gasteiger partial charge in [-0.25, -0.2) is 4.39 Å². The van der Waals surface area contributed by atoms with Crippen molar-refractivity contribution in [2.24, 2.45) is 7.05 Å². The summed E-state index contributed by atoms with van der Waals surface area (Å²) in [5.41, 5.74) is 0.215. The van der Waals surface area contributed by atoms with Gasteiger partial charge in [0.05, 0.1) is 12.1 Å². The number of ether oxygens (including phenoxy) is 1. The van der Waals surface area contributed by atoms with Gasteiger partial charge in [-0.3, -0.25) is 19.3 Å². The van der Waals surface area contributed by atoms with Gasteiger partial charge in [-0.15, -0.1) is 0 Å². The summed E-state index contributed by atoms with van der Waals surface area (Å²) in [4.78, 5) is 40.5. The highest BCUT2D eigenvalue weighted by Gasteiger charge is 2.32. The molecule has 160 valence electrons. The molecule has 9 heteroatoms. The molecule has 30 heavy (non-hydrogen) atoms. The van der Waals surface area contributed by atoms with Crippen molar-refractivity contribution in [1.29, 1.82) is 0 Å². The van der Waals surface area contributed by atoms with Gasteiger partial charge >= 0.3 is 0 Å². The molecular formula is C21H25FN4O4. The minimum absolute atomic E-state index is 0.192. The molecule has 1 aromatic carbocycles. The topological polar surface area (TPSA) is 83.9 Å². The van der Waals surface area contributed by atoms with E-state index in [0.717, 1.165) is 0 Å². The Bertz CT molecular complexity index is 977. The number of aryl methyl sites for hydroxylation is 1. The summed E-state index contributed by atoms with van der Waals surface area (Å²) in [6.45, 7) is 1.75. The number of likely N-dealkylation sites (N-methyl/N-ethyl adjacent to an activating group) is 1. The minimum atomic E-state index is -0.496. The Hall–Kier alpha value is -3.20. The maximum absolute atomic E-state index is 13.2. The third-order valence-corrected chi connectivity index (χ3v) is 5.04. The Morgan fingerprint density at radius 3 is 2.73 bits per heavy atom. The summed E-state index contributed by atoms with van der Waals surface area (Å²) >= 11 is 0. The number of amides is 2. The second kappa shape index (κ2) is 9.53. The van der Waals surface area contributed by atoms with Crippen LogP contribution >= 0.6 is 0 Å². The van der Waals surface area contributed by atoms with Gasteiger partial charge in [0.2, 0.25) is 11.5 Å². The van der Waals surface area contributed by atoms with E-state index >= 15 is 0 Å². The molecule has 1 saturated heterocycles. The van der Waals surface area contributed by atoms with Gasteiger partial charge in [0.15, 0.2) is 0 Å². The number of hydrogen-bond donors (Lipinski definition) is 1. The quantitative estimate of drug-likeness (QED) is 0.693. The molecule has 1 atom stereocenters. The van der Waals surface area contributed by atoms with E-state index in [9.17, 15) is 18.8 Å². The van der Waals surface area contributed by atoms with E-state index in [1.54, 1.807) is 24.1 Å². The number of nitrogens with one attached hydrogen (secondary N) is 1. The first-order valence-electron chi connectivity index (χ1n) is 9.67. The summed E-state index contributed by atoms with van der Waals surface area (Å²) in [7, 11) is 3.42. The van der Waals surface area contributed by atoms with Crippen LogP contribution in [0.1, 0.15) is 10.4 Å². The van der Waals surface area contributed by atoms with Crippen LogP contribution in [0.3, 0.4) is 0 Å². The second-order valence-electron chi connectivity index (χ2n) is 7.21. The summed E-state index contributed by atoms with van der Waals surface area (Å²) < 4.78 is 19.9. The molecule has 0 radical (unpaired) electrons. The number of benzene rings is 1. The van der Waals surface area contributed by atoms with Crippen LogP contribution in [-0.4, -0.2) is 72.1 Å². The van der Waals surface area contributed by atoms with E-state index in [0.29, 0.717) is 24.4 Å². The van der Waals surface area contributed by atoms with Crippen molar-refractivity contribution in [3.8, 4) is 5.75 Å². The van der Waals surface area contributed by atoms with Gasteiger partial charge in [-0.2, -0.15) is 0 Å². The molecule has 1 aromatic heterocycles. The van der Waals surface area contributed by atoms with E-state index in [2.05, 4.69) is 5.32 Å². The van der Waals surface area contributed by atoms with Crippen molar-refractivity contribution >= 4 is 11.8 Å². The zero-order valence-corrected chi connectivity index (χ0v) is 17.0. The number of carbonyl (C=O) groups is 2. The van der Waals surface area contributed by atoms with Crippen LogP contribution < -0.4 is 15.6 Å². The highest BCUT2D eigenvalue weighted by Crippen LogP contribution is 2.13. The summed E-state index contributed by atoms with van der Waals surface area (Å²) in [6, 6.07) is 8.16. The molecular weight excluding hydrogens is 391 g/mol. The number of carbonyl (C=O) groups excluding carboxylic acids is 2. The first-order chi connectivity index (χ1) is 14.3. The Morgan fingerprint density at radius 2 is 2.00 bits per heavy atom. The Morgan fingerprint density at radius 1 is 1.20 bits per heavy atom. The minimum Gasteiger partial charge on any atom is -0.492 e. The Balaban J connectivity index is 1.54. The number of hydrogen-bond acceptors (Lipinski definition) is 5. The van der Waals surface area contributed by atoms with Gasteiger partial charge in [0.25, 0.3) is 5.91 Å². The summed E-state index contributed by atoms with van der Waals surface area (Å²) in [5.74, 6) is -0.416. The van der Waals surface area contributed by atoms with Gasteiger partial charge in [-0.05, 0) is 25.2 Å². The normalized spacial score (nSPS) is 16.9. The van der Waals surface area contributed by atoms with Crippen molar-refractivity contribution in [2.75, 3.05) is 39.8 Å². The molecule has 2 aromatic rings. The number of aromatic nitrogens is 1. The monoisotopic (exact) mass is 416 g/mol. The maximum Gasteiger partial charge on any atom is 0.255 e. The Labute approximate surface area is 173 Å². The van der Waals surface area contributed by atoms with E-state index in [-0.39, 0.29) is 42.9 Å². The molecule has 2 heterocycles. The predicted octanol–water partition coefficient (Wildman–Crippen LogP) is 0.476. The van der Waals surface area contributed by atoms with Crippen LogP contribution in [0.2, 0.25) is 0 Å². The van der Waals surface area contributed by atoms with Crippen molar-refractivity contribution in [3.63, 3.8) is 0 Å². The molecule has 1 aliphatic rings. The number of rotatable bonds is 6. The van der Waals surface area contributed by atoms with Crippen LogP contribution in [0, 0.1) is 5.82 Å². The molecule has 8 nitrogen and oxygen atoms in total. The Kier molecular flexibility index (Phi) is 6.83. The number of pyridine rings is 1. The summed E-state index contributed by atoms with van der Waals surface area (Å²) in [6.07, 6.45) is 1.50. The van der Waals surface area contributed by atoms with E-state index in [1.165, 1.54) is 35.0 Å². The maximum atomic E-state index is 13.2. The first-order valence-corrected chi connectivity index (χ1v) is 9.67. The zero-order valence-electron chi connectivity index (χ0n) is 17.0. The number of nitrogens with zero attached hydrogens (tertiary/aromatic N) is 3.